The van der Waals surface area contributed by atoms with Gasteiger partial charge >= 0.3 is 0 Å². The van der Waals surface area contributed by atoms with Gasteiger partial charge in [-0.05, 0) is 37.1 Å². The van der Waals surface area contributed by atoms with Crippen LogP contribution in [0.3, 0.4) is 0 Å². The number of para-hydroxylation sites is 3. The van der Waals surface area contributed by atoms with Gasteiger partial charge in [0.1, 0.15) is 0 Å². The molecular formula is C22H24N4O2S. The van der Waals surface area contributed by atoms with Gasteiger partial charge in [0.05, 0.1) is 16.8 Å². The van der Waals surface area contributed by atoms with Gasteiger partial charge < -0.3 is 10.2 Å². The molecule has 1 aliphatic heterocycles. The van der Waals surface area contributed by atoms with Crippen molar-refractivity contribution in [1.29, 1.82) is 0 Å². The summed E-state index contributed by atoms with van der Waals surface area (Å²) in [6.07, 6.45) is 2.39. The zero-order valence-electron chi connectivity index (χ0n) is 16.2. The monoisotopic (exact) mass is 408 g/mol. The van der Waals surface area contributed by atoms with Crippen LogP contribution in [0.2, 0.25) is 0 Å². The van der Waals surface area contributed by atoms with Crippen LogP contribution < -0.4 is 5.32 Å². The van der Waals surface area contributed by atoms with Crippen LogP contribution in [0, 0.1) is 0 Å². The lowest BCUT2D eigenvalue weighted by Crippen LogP contribution is -2.31. The Labute approximate surface area is 174 Å². The number of hydrogen-bond acceptors (Lipinski definition) is 4. The maximum atomic E-state index is 12.3. The van der Waals surface area contributed by atoms with E-state index in [2.05, 4.69) is 9.88 Å². The molecule has 1 aliphatic rings. The van der Waals surface area contributed by atoms with E-state index in [0.29, 0.717) is 18.7 Å². The smallest absolute Gasteiger partial charge is 0.230 e. The number of rotatable bonds is 8. The van der Waals surface area contributed by atoms with Crippen molar-refractivity contribution in [3.63, 3.8) is 0 Å². The summed E-state index contributed by atoms with van der Waals surface area (Å²) in [5, 5.41) is 3.75. The lowest BCUT2D eigenvalue weighted by Gasteiger charge is -2.15. The number of imidazole rings is 1. The summed E-state index contributed by atoms with van der Waals surface area (Å²) in [7, 11) is 0. The van der Waals surface area contributed by atoms with Crippen LogP contribution in [0.4, 0.5) is 0 Å². The van der Waals surface area contributed by atoms with Crippen molar-refractivity contribution < 1.29 is 9.59 Å². The van der Waals surface area contributed by atoms with E-state index in [1.54, 1.807) is 0 Å². The largest absolute Gasteiger partial charge is 0.355 e. The number of aromatic nitrogens is 2. The molecule has 1 saturated heterocycles. The van der Waals surface area contributed by atoms with Crippen LogP contribution in [0.25, 0.3) is 16.7 Å². The fraction of sp³-hybridized carbons (Fsp3) is 0.318. The van der Waals surface area contributed by atoms with E-state index in [-0.39, 0.29) is 11.8 Å². The third-order valence-electron chi connectivity index (χ3n) is 4.98. The molecular weight excluding hydrogens is 384 g/mol. The van der Waals surface area contributed by atoms with Gasteiger partial charge in [0.25, 0.3) is 0 Å². The van der Waals surface area contributed by atoms with Gasteiger partial charge in [-0.15, -0.1) is 0 Å². The van der Waals surface area contributed by atoms with Gasteiger partial charge in [0.2, 0.25) is 11.8 Å². The third kappa shape index (κ3) is 4.62. The van der Waals surface area contributed by atoms with Gasteiger partial charge in [0.15, 0.2) is 5.16 Å². The fourth-order valence-corrected chi connectivity index (χ4v) is 4.40. The highest BCUT2D eigenvalue weighted by atomic mass is 32.2. The Bertz CT molecular complexity index is 1000. The number of nitrogens with one attached hydrogen (secondary N) is 1. The molecule has 150 valence electrons. The van der Waals surface area contributed by atoms with Crippen molar-refractivity contribution >= 4 is 34.6 Å². The summed E-state index contributed by atoms with van der Waals surface area (Å²) in [6, 6.07) is 18.0. The van der Waals surface area contributed by atoms with Gasteiger partial charge in [-0.25, -0.2) is 4.98 Å². The van der Waals surface area contributed by atoms with Crippen molar-refractivity contribution in [1.82, 2.24) is 19.8 Å². The molecule has 0 unspecified atom stereocenters. The van der Waals surface area contributed by atoms with Crippen LogP contribution in [0.5, 0.6) is 0 Å². The highest BCUT2D eigenvalue weighted by molar-refractivity contribution is 7.99. The van der Waals surface area contributed by atoms with E-state index in [9.17, 15) is 9.59 Å². The Kier molecular flexibility index (Phi) is 6.14. The van der Waals surface area contributed by atoms with Crippen molar-refractivity contribution in [2.45, 2.75) is 24.4 Å². The topological polar surface area (TPSA) is 67.2 Å². The second-order valence-corrected chi connectivity index (χ2v) is 7.97. The molecule has 0 bridgehead atoms. The Morgan fingerprint density at radius 1 is 1.10 bits per heavy atom. The van der Waals surface area contributed by atoms with Crippen molar-refractivity contribution in [3.05, 3.63) is 54.6 Å². The van der Waals surface area contributed by atoms with E-state index < -0.39 is 0 Å². The van der Waals surface area contributed by atoms with E-state index in [1.165, 1.54) is 11.8 Å². The molecule has 7 heteroatoms. The maximum absolute atomic E-state index is 12.3. The lowest BCUT2D eigenvalue weighted by atomic mass is 10.3. The molecule has 0 spiro atoms. The number of fused-ring (bicyclic) bond motifs is 1. The molecule has 4 rings (SSSR count). The van der Waals surface area contributed by atoms with Crippen molar-refractivity contribution in [3.8, 4) is 5.69 Å². The Hall–Kier alpha value is -2.80. The summed E-state index contributed by atoms with van der Waals surface area (Å²) >= 11 is 1.43. The molecule has 6 nitrogen and oxygen atoms in total. The number of carbonyl (C=O) groups excluding carboxylic acids is 2. The average molecular weight is 409 g/mol. The number of thioether (sulfide) groups is 1. The molecule has 2 aromatic carbocycles. The molecule has 2 amide bonds. The summed E-state index contributed by atoms with van der Waals surface area (Å²) in [4.78, 5) is 30.5. The minimum atomic E-state index is -0.0191. The van der Waals surface area contributed by atoms with Crippen LogP contribution in [0.15, 0.2) is 59.8 Å². The summed E-state index contributed by atoms with van der Waals surface area (Å²) in [5.41, 5.74) is 2.96. The van der Waals surface area contributed by atoms with E-state index >= 15 is 0 Å². The summed E-state index contributed by atoms with van der Waals surface area (Å²) in [6.45, 7) is 2.15. The first-order valence-electron chi connectivity index (χ1n) is 9.92. The number of nitrogens with zero attached hydrogens (tertiary/aromatic N) is 3. The predicted molar refractivity (Wildman–Crippen MR) is 115 cm³/mol. The van der Waals surface area contributed by atoms with E-state index in [0.717, 1.165) is 47.8 Å². The highest BCUT2D eigenvalue weighted by Gasteiger charge is 2.19. The average Bonchev–Trinajstić information content (AvgIpc) is 3.33. The minimum Gasteiger partial charge on any atom is -0.355 e. The second kappa shape index (κ2) is 9.13. The Balaban J connectivity index is 1.35. The van der Waals surface area contributed by atoms with Gasteiger partial charge in [-0.3, -0.25) is 14.2 Å². The molecule has 0 atom stereocenters. The second-order valence-electron chi connectivity index (χ2n) is 7.03. The van der Waals surface area contributed by atoms with Gasteiger partial charge in [0, 0.05) is 31.7 Å². The van der Waals surface area contributed by atoms with E-state index in [4.69, 9.17) is 4.98 Å². The van der Waals surface area contributed by atoms with Crippen LogP contribution >= 0.6 is 11.8 Å². The first kappa shape index (κ1) is 19.5. The zero-order valence-corrected chi connectivity index (χ0v) is 17.0. The van der Waals surface area contributed by atoms with Crippen LogP contribution in [-0.2, 0) is 9.59 Å². The maximum Gasteiger partial charge on any atom is 0.230 e. The SMILES string of the molecule is O=C(CSc1nc2ccccc2n1-c1ccccc1)NCCCN1CCCC1=O. The van der Waals surface area contributed by atoms with Gasteiger partial charge in [-0.1, -0.05) is 42.1 Å². The summed E-state index contributed by atoms with van der Waals surface area (Å²) < 4.78 is 2.09. The zero-order chi connectivity index (χ0) is 20.1. The third-order valence-corrected chi connectivity index (χ3v) is 5.91. The standard InChI is InChI=1S/C22H24N4O2S/c27-20(23-13-7-15-25-14-6-12-21(25)28)16-29-22-24-18-10-4-5-11-19(18)26(22)17-8-2-1-3-9-17/h1-5,8-11H,6-7,12-16H2,(H,23,27). The molecule has 0 saturated carbocycles. The molecule has 1 aromatic heterocycles. The molecule has 1 fully saturated rings. The highest BCUT2D eigenvalue weighted by Crippen LogP contribution is 2.27. The number of likely N-dealkylation sites (tertiary alicyclic amines) is 1. The molecule has 29 heavy (non-hydrogen) atoms. The molecule has 2 heterocycles. The molecule has 3 aromatic rings. The number of amides is 2. The number of hydrogen-bond donors (Lipinski definition) is 1. The number of carbonyl (C=O) groups is 2. The molecule has 1 N–H and O–H groups in total. The Morgan fingerprint density at radius 2 is 1.90 bits per heavy atom. The van der Waals surface area contributed by atoms with Crippen molar-refractivity contribution in [2.75, 3.05) is 25.4 Å². The first-order valence-corrected chi connectivity index (χ1v) is 10.9. The van der Waals surface area contributed by atoms with E-state index in [1.807, 2.05) is 59.5 Å². The minimum absolute atomic E-state index is 0.0191. The lowest BCUT2D eigenvalue weighted by molar-refractivity contribution is -0.127. The molecule has 0 radical (unpaired) electrons. The quantitative estimate of drug-likeness (QED) is 0.459. The van der Waals surface area contributed by atoms with Crippen LogP contribution in [0.1, 0.15) is 19.3 Å². The van der Waals surface area contributed by atoms with Gasteiger partial charge in [-0.2, -0.15) is 0 Å². The Morgan fingerprint density at radius 3 is 2.69 bits per heavy atom. The summed E-state index contributed by atoms with van der Waals surface area (Å²) in [5.74, 6) is 0.514. The normalized spacial score (nSPS) is 13.9. The predicted octanol–water partition coefficient (Wildman–Crippen LogP) is 3.25. The fourth-order valence-electron chi connectivity index (χ4n) is 3.55. The first-order chi connectivity index (χ1) is 14.2. The molecule has 0 aliphatic carbocycles. The van der Waals surface area contributed by atoms with Crippen LogP contribution in [-0.4, -0.2) is 51.7 Å². The number of benzene rings is 2. The van der Waals surface area contributed by atoms with Crippen molar-refractivity contribution in [2.24, 2.45) is 0 Å².